The third-order valence-electron chi connectivity index (χ3n) is 9.10. The van der Waals surface area contributed by atoms with E-state index in [1.807, 2.05) is 32.9 Å². The zero-order chi connectivity index (χ0) is 27.5. The number of fused-ring (bicyclic) bond motifs is 1. The topological polar surface area (TPSA) is 118 Å². The number of carboxylic acid groups (broad SMARTS) is 1. The van der Waals surface area contributed by atoms with Crippen molar-refractivity contribution in [3.05, 3.63) is 34.9 Å². The SMILES string of the molecule is CC1=C[C@@]2(C)[C@@H]([C@@H](/C=C(\C)C(=O)O)[C@@H]1/C(C)=C/C[C@H](O)C[C@@H](O)[C@H](C)[C@@H](O)C(C)C)[C@@H](C)CC[C@H]2O. The van der Waals surface area contributed by atoms with Gasteiger partial charge in [0.15, 0.2) is 0 Å². The number of aliphatic hydroxyl groups is 4. The van der Waals surface area contributed by atoms with E-state index in [1.165, 1.54) is 0 Å². The van der Waals surface area contributed by atoms with Gasteiger partial charge >= 0.3 is 5.97 Å². The Balaban J connectivity index is 2.33. The number of aliphatic hydroxyl groups excluding tert-OH is 4. The minimum Gasteiger partial charge on any atom is -0.478 e. The van der Waals surface area contributed by atoms with E-state index >= 15 is 0 Å². The van der Waals surface area contributed by atoms with Crippen LogP contribution in [-0.4, -0.2) is 55.9 Å². The highest BCUT2D eigenvalue weighted by atomic mass is 16.4. The largest absolute Gasteiger partial charge is 0.478 e. The maximum atomic E-state index is 11.8. The molecule has 5 N–H and O–H groups in total. The van der Waals surface area contributed by atoms with Gasteiger partial charge in [0, 0.05) is 22.8 Å². The summed E-state index contributed by atoms with van der Waals surface area (Å²) in [6, 6.07) is 0. The summed E-state index contributed by atoms with van der Waals surface area (Å²) < 4.78 is 0. The summed E-state index contributed by atoms with van der Waals surface area (Å²) in [7, 11) is 0. The fourth-order valence-corrected chi connectivity index (χ4v) is 6.92. The van der Waals surface area contributed by atoms with Crippen LogP contribution < -0.4 is 0 Å². The van der Waals surface area contributed by atoms with Crippen molar-refractivity contribution >= 4 is 5.97 Å². The predicted octanol–water partition coefficient (Wildman–Crippen LogP) is 4.72. The van der Waals surface area contributed by atoms with Crippen molar-refractivity contribution in [2.45, 2.75) is 105 Å². The van der Waals surface area contributed by atoms with Crippen molar-refractivity contribution in [2.75, 3.05) is 0 Å². The molecule has 2 rings (SSSR count). The van der Waals surface area contributed by atoms with Crippen molar-refractivity contribution in [1.82, 2.24) is 0 Å². The quantitative estimate of drug-likeness (QED) is 0.216. The molecule has 10 atom stereocenters. The van der Waals surface area contributed by atoms with Crippen molar-refractivity contribution in [1.29, 1.82) is 0 Å². The zero-order valence-corrected chi connectivity index (χ0v) is 23.5. The molecule has 0 aromatic heterocycles. The van der Waals surface area contributed by atoms with Gasteiger partial charge in [0.1, 0.15) is 0 Å². The van der Waals surface area contributed by atoms with Gasteiger partial charge < -0.3 is 25.5 Å². The monoisotopic (exact) mass is 506 g/mol. The van der Waals surface area contributed by atoms with Crippen LogP contribution in [0.4, 0.5) is 0 Å². The van der Waals surface area contributed by atoms with Gasteiger partial charge in [0.05, 0.1) is 24.4 Å². The summed E-state index contributed by atoms with van der Waals surface area (Å²) in [5, 5.41) is 52.1. The van der Waals surface area contributed by atoms with E-state index < -0.39 is 35.8 Å². The number of hydrogen-bond donors (Lipinski definition) is 5. The first-order chi connectivity index (χ1) is 16.6. The van der Waals surface area contributed by atoms with Crippen LogP contribution in [-0.2, 0) is 4.79 Å². The normalized spacial score (nSPS) is 35.0. The summed E-state index contributed by atoms with van der Waals surface area (Å²) in [5.74, 6) is -0.923. The first kappa shape index (κ1) is 30.8. The molecule has 0 radical (unpaired) electrons. The molecule has 0 spiro atoms. The number of carbonyl (C=O) groups is 1. The second-order valence-corrected chi connectivity index (χ2v) is 12.3. The van der Waals surface area contributed by atoms with Crippen molar-refractivity contribution in [3.8, 4) is 0 Å². The van der Waals surface area contributed by atoms with Gasteiger partial charge in [0.2, 0.25) is 0 Å². The van der Waals surface area contributed by atoms with Gasteiger partial charge in [-0.2, -0.15) is 0 Å². The molecule has 0 aromatic rings. The van der Waals surface area contributed by atoms with Crippen LogP contribution in [0.25, 0.3) is 0 Å². The second-order valence-electron chi connectivity index (χ2n) is 12.3. The van der Waals surface area contributed by atoms with Crippen LogP contribution in [0.2, 0.25) is 0 Å². The van der Waals surface area contributed by atoms with E-state index in [9.17, 15) is 30.3 Å². The summed E-state index contributed by atoms with van der Waals surface area (Å²) in [5.41, 5.74) is 2.05. The molecule has 0 heterocycles. The third-order valence-corrected chi connectivity index (χ3v) is 9.10. The lowest BCUT2D eigenvalue weighted by Gasteiger charge is -2.55. The molecule has 36 heavy (non-hydrogen) atoms. The van der Waals surface area contributed by atoms with Gasteiger partial charge in [-0.25, -0.2) is 4.79 Å². The molecular weight excluding hydrogens is 456 g/mol. The van der Waals surface area contributed by atoms with Crippen LogP contribution in [0.15, 0.2) is 34.9 Å². The summed E-state index contributed by atoms with van der Waals surface area (Å²) in [6.07, 6.45) is 5.63. The van der Waals surface area contributed by atoms with E-state index in [0.29, 0.717) is 17.9 Å². The van der Waals surface area contributed by atoms with Gasteiger partial charge in [-0.3, -0.25) is 0 Å². The van der Waals surface area contributed by atoms with Gasteiger partial charge in [-0.05, 0) is 70.1 Å². The van der Waals surface area contributed by atoms with Gasteiger partial charge in [-0.15, -0.1) is 0 Å². The highest BCUT2D eigenvalue weighted by Gasteiger charge is 2.52. The maximum absolute atomic E-state index is 11.8. The van der Waals surface area contributed by atoms with Crippen LogP contribution in [0.5, 0.6) is 0 Å². The summed E-state index contributed by atoms with van der Waals surface area (Å²) >= 11 is 0. The summed E-state index contributed by atoms with van der Waals surface area (Å²) in [4.78, 5) is 11.8. The molecular formula is C30H50O6. The second kappa shape index (κ2) is 12.4. The molecule has 0 aliphatic heterocycles. The number of carboxylic acids is 1. The Morgan fingerprint density at radius 1 is 1.17 bits per heavy atom. The van der Waals surface area contributed by atoms with Crippen LogP contribution in [0.1, 0.15) is 81.1 Å². The fraction of sp³-hybridized carbons (Fsp3) is 0.767. The first-order valence-corrected chi connectivity index (χ1v) is 13.6. The highest BCUT2D eigenvalue weighted by molar-refractivity contribution is 5.85. The molecule has 0 unspecified atom stereocenters. The summed E-state index contributed by atoms with van der Waals surface area (Å²) in [6.45, 7) is 15.6. The van der Waals surface area contributed by atoms with Gasteiger partial charge in [0.25, 0.3) is 0 Å². The van der Waals surface area contributed by atoms with Crippen molar-refractivity contribution in [3.63, 3.8) is 0 Å². The minimum absolute atomic E-state index is 0.0241. The van der Waals surface area contributed by atoms with E-state index in [4.69, 9.17) is 0 Å². The Labute approximate surface area is 217 Å². The number of hydrogen-bond acceptors (Lipinski definition) is 5. The Kier molecular flexibility index (Phi) is 10.6. The molecule has 0 saturated heterocycles. The van der Waals surface area contributed by atoms with E-state index in [2.05, 4.69) is 26.8 Å². The average Bonchev–Trinajstić information content (AvgIpc) is 2.78. The van der Waals surface area contributed by atoms with E-state index in [0.717, 1.165) is 24.0 Å². The standard InChI is InChI=1S/C30H50O6/c1-16(2)28(34)21(7)24(32)14-22(31)11-9-17(3)26-20(6)15-30(8)25(33)12-10-18(4)27(30)23(26)13-19(5)29(35)36/h9,13,15-16,18,21-28,31-34H,10-12,14H2,1-8H3,(H,35,36)/b17-9+,19-13+/t18-,21-,22-,23-,24+,25+,26+,27+,28-,30+/m0/s1. The lowest BCUT2D eigenvalue weighted by Crippen LogP contribution is -2.52. The Bertz CT molecular complexity index is 858. The molecule has 206 valence electrons. The van der Waals surface area contributed by atoms with Crippen molar-refractivity contribution in [2.24, 2.45) is 40.9 Å². The Morgan fingerprint density at radius 2 is 1.78 bits per heavy atom. The molecule has 1 fully saturated rings. The smallest absolute Gasteiger partial charge is 0.330 e. The molecule has 0 amide bonds. The van der Waals surface area contributed by atoms with Crippen LogP contribution >= 0.6 is 0 Å². The maximum Gasteiger partial charge on any atom is 0.330 e. The third kappa shape index (κ3) is 6.69. The Hall–Kier alpha value is -1.47. The minimum atomic E-state index is -0.935. The van der Waals surface area contributed by atoms with Crippen LogP contribution in [0.3, 0.4) is 0 Å². The molecule has 1 saturated carbocycles. The van der Waals surface area contributed by atoms with E-state index in [-0.39, 0.29) is 36.0 Å². The number of allylic oxidation sites excluding steroid dienone is 3. The fourth-order valence-electron chi connectivity index (χ4n) is 6.92. The highest BCUT2D eigenvalue weighted by Crippen LogP contribution is 2.57. The molecule has 2 aliphatic rings. The molecule has 2 aliphatic carbocycles. The lowest BCUT2D eigenvalue weighted by atomic mass is 9.50. The van der Waals surface area contributed by atoms with Gasteiger partial charge in [-0.1, -0.05) is 64.0 Å². The molecule has 0 bridgehead atoms. The number of rotatable bonds is 10. The first-order valence-electron chi connectivity index (χ1n) is 13.6. The average molecular weight is 507 g/mol. The lowest BCUT2D eigenvalue weighted by molar-refractivity contribution is -0.132. The molecule has 0 aromatic carbocycles. The van der Waals surface area contributed by atoms with E-state index in [1.54, 1.807) is 13.8 Å². The molecule has 6 heteroatoms. The van der Waals surface area contributed by atoms with Crippen LogP contribution in [0, 0.1) is 40.9 Å². The van der Waals surface area contributed by atoms with Crippen molar-refractivity contribution < 1.29 is 30.3 Å². The zero-order valence-electron chi connectivity index (χ0n) is 23.5. The predicted molar refractivity (Wildman–Crippen MR) is 143 cm³/mol. The Morgan fingerprint density at radius 3 is 2.33 bits per heavy atom. The molecule has 6 nitrogen and oxygen atoms in total. The number of aliphatic carboxylic acids is 1.